The normalized spacial score (nSPS) is 22.0. The number of hydrogen-bond donors (Lipinski definition) is 1. The van der Waals surface area contributed by atoms with Gasteiger partial charge in [0.05, 0.1) is 12.1 Å². The average Bonchev–Trinajstić information content (AvgIpc) is 2.86. The molecule has 1 aromatic heterocycles. The van der Waals surface area contributed by atoms with Gasteiger partial charge in [-0.25, -0.2) is 0 Å². The summed E-state index contributed by atoms with van der Waals surface area (Å²) >= 11 is 0. The fraction of sp³-hybridized carbons (Fsp3) is 0.714. The lowest BCUT2D eigenvalue weighted by atomic mass is 10.0. The summed E-state index contributed by atoms with van der Waals surface area (Å²) in [5, 5.41) is 0. The first kappa shape index (κ1) is 13.6. The largest absolute Gasteiger partial charge is 0.462 e. The molecule has 0 amide bonds. The van der Waals surface area contributed by atoms with E-state index in [1.165, 1.54) is 19.3 Å². The van der Waals surface area contributed by atoms with Gasteiger partial charge in [0.15, 0.2) is 0 Å². The van der Waals surface area contributed by atoms with Crippen LogP contribution in [0.4, 0.5) is 0 Å². The lowest BCUT2D eigenvalue weighted by Crippen LogP contribution is -2.21. The van der Waals surface area contributed by atoms with Gasteiger partial charge in [-0.2, -0.15) is 0 Å². The van der Waals surface area contributed by atoms with Gasteiger partial charge in [0.25, 0.3) is 0 Å². The minimum atomic E-state index is -0.0406. The molecule has 1 fully saturated rings. The molecular weight excluding hydrogens is 230 g/mol. The van der Waals surface area contributed by atoms with E-state index in [0.717, 1.165) is 31.0 Å². The van der Waals surface area contributed by atoms with Crippen LogP contribution >= 0.6 is 0 Å². The van der Waals surface area contributed by atoms with E-state index in [9.17, 15) is 0 Å². The molecule has 1 saturated heterocycles. The van der Waals surface area contributed by atoms with Gasteiger partial charge in [-0.15, -0.1) is 0 Å². The fourth-order valence-corrected chi connectivity index (χ4v) is 2.36. The Labute approximate surface area is 108 Å². The number of nitrogens with two attached hydrogens (primary N) is 1. The molecule has 2 unspecified atom stereocenters. The van der Waals surface area contributed by atoms with E-state index < -0.39 is 0 Å². The second kappa shape index (κ2) is 6.92. The zero-order chi connectivity index (χ0) is 12.8. The third kappa shape index (κ3) is 3.83. The highest BCUT2D eigenvalue weighted by molar-refractivity contribution is 5.09. The molecule has 4 nitrogen and oxygen atoms in total. The second-order valence-electron chi connectivity index (χ2n) is 4.91. The molecule has 2 atom stereocenters. The molecule has 18 heavy (non-hydrogen) atoms. The molecule has 1 aliphatic heterocycles. The molecule has 0 aliphatic carbocycles. The van der Waals surface area contributed by atoms with Crippen LogP contribution in [0.5, 0.6) is 0 Å². The molecular formula is C14H23NO3. The second-order valence-corrected chi connectivity index (χ2v) is 4.91. The summed E-state index contributed by atoms with van der Waals surface area (Å²) in [6.45, 7) is 1.40. The Bertz CT molecular complexity index is 345. The fourth-order valence-electron chi connectivity index (χ4n) is 2.36. The highest BCUT2D eigenvalue weighted by atomic mass is 16.5. The predicted octanol–water partition coefficient (Wildman–Crippen LogP) is 2.78. The molecule has 2 N–H and O–H groups in total. The third-order valence-corrected chi connectivity index (χ3v) is 3.41. The van der Waals surface area contributed by atoms with E-state index in [4.69, 9.17) is 19.6 Å². The molecule has 102 valence electrons. The molecule has 1 aromatic rings. The first-order valence-electron chi connectivity index (χ1n) is 6.74. The van der Waals surface area contributed by atoms with Gasteiger partial charge in [0.2, 0.25) is 0 Å². The van der Waals surface area contributed by atoms with Crippen LogP contribution in [-0.4, -0.2) is 19.8 Å². The summed E-state index contributed by atoms with van der Waals surface area (Å²) in [6.07, 6.45) is 5.95. The van der Waals surface area contributed by atoms with Crippen molar-refractivity contribution in [1.29, 1.82) is 0 Å². The van der Waals surface area contributed by atoms with E-state index in [1.54, 1.807) is 7.11 Å². The van der Waals surface area contributed by atoms with Gasteiger partial charge in [-0.1, -0.05) is 0 Å². The number of furan rings is 1. The number of ether oxygens (including phenoxy) is 2. The van der Waals surface area contributed by atoms with Crippen molar-refractivity contribution >= 4 is 0 Å². The Kier molecular flexibility index (Phi) is 5.23. The highest BCUT2D eigenvalue weighted by Gasteiger charge is 2.17. The van der Waals surface area contributed by atoms with Crippen LogP contribution in [0.25, 0.3) is 0 Å². The Hall–Kier alpha value is -0.840. The maximum atomic E-state index is 6.13. The van der Waals surface area contributed by atoms with E-state index in [0.29, 0.717) is 12.7 Å². The van der Waals surface area contributed by atoms with Crippen LogP contribution in [-0.2, 0) is 16.1 Å². The van der Waals surface area contributed by atoms with Crippen molar-refractivity contribution in [3.05, 3.63) is 23.7 Å². The Morgan fingerprint density at radius 1 is 1.44 bits per heavy atom. The molecule has 0 radical (unpaired) electrons. The average molecular weight is 253 g/mol. The molecule has 0 bridgehead atoms. The van der Waals surface area contributed by atoms with E-state index >= 15 is 0 Å². The molecule has 2 heterocycles. The van der Waals surface area contributed by atoms with Crippen LogP contribution in [0.3, 0.4) is 0 Å². The van der Waals surface area contributed by atoms with Crippen molar-refractivity contribution in [3.63, 3.8) is 0 Å². The standard InChI is InChI=1S/C14H23NO3/c1-16-10-12-6-8-14(18-12)13(15)7-5-11-4-2-3-9-17-11/h6,8,11,13H,2-5,7,9-10,15H2,1H3. The highest BCUT2D eigenvalue weighted by Crippen LogP contribution is 2.23. The topological polar surface area (TPSA) is 57.6 Å². The summed E-state index contributed by atoms with van der Waals surface area (Å²) in [5.41, 5.74) is 6.13. The molecule has 1 aliphatic rings. The summed E-state index contributed by atoms with van der Waals surface area (Å²) in [6, 6.07) is 3.83. The summed E-state index contributed by atoms with van der Waals surface area (Å²) in [7, 11) is 1.66. The minimum Gasteiger partial charge on any atom is -0.462 e. The van der Waals surface area contributed by atoms with Crippen molar-refractivity contribution < 1.29 is 13.9 Å². The predicted molar refractivity (Wildman–Crippen MR) is 69.2 cm³/mol. The van der Waals surface area contributed by atoms with Crippen LogP contribution < -0.4 is 5.73 Å². The van der Waals surface area contributed by atoms with Gasteiger partial charge in [-0.05, 0) is 44.2 Å². The minimum absolute atomic E-state index is 0.0406. The number of rotatable bonds is 6. The first-order valence-corrected chi connectivity index (χ1v) is 6.74. The number of methoxy groups -OCH3 is 1. The van der Waals surface area contributed by atoms with Crippen LogP contribution in [0.15, 0.2) is 16.5 Å². The van der Waals surface area contributed by atoms with Crippen LogP contribution in [0.2, 0.25) is 0 Å². The van der Waals surface area contributed by atoms with E-state index in [2.05, 4.69) is 0 Å². The third-order valence-electron chi connectivity index (χ3n) is 3.41. The van der Waals surface area contributed by atoms with Crippen molar-refractivity contribution in [3.8, 4) is 0 Å². The van der Waals surface area contributed by atoms with Gasteiger partial charge >= 0.3 is 0 Å². The summed E-state index contributed by atoms with van der Waals surface area (Å²) < 4.78 is 16.4. The maximum Gasteiger partial charge on any atom is 0.129 e. The Morgan fingerprint density at radius 3 is 3.06 bits per heavy atom. The van der Waals surface area contributed by atoms with E-state index in [1.807, 2.05) is 12.1 Å². The Morgan fingerprint density at radius 2 is 2.33 bits per heavy atom. The first-order chi connectivity index (χ1) is 8.79. The maximum absolute atomic E-state index is 6.13. The molecule has 4 heteroatoms. The van der Waals surface area contributed by atoms with Crippen molar-refractivity contribution in [2.75, 3.05) is 13.7 Å². The molecule has 2 rings (SSSR count). The number of hydrogen-bond acceptors (Lipinski definition) is 4. The van der Waals surface area contributed by atoms with Crippen LogP contribution in [0, 0.1) is 0 Å². The van der Waals surface area contributed by atoms with Gasteiger partial charge < -0.3 is 19.6 Å². The Balaban J connectivity index is 1.77. The monoisotopic (exact) mass is 253 g/mol. The molecule has 0 aromatic carbocycles. The van der Waals surface area contributed by atoms with Crippen molar-refractivity contribution in [1.82, 2.24) is 0 Å². The summed E-state index contributed by atoms with van der Waals surface area (Å²) in [4.78, 5) is 0. The van der Waals surface area contributed by atoms with Crippen molar-refractivity contribution in [2.24, 2.45) is 5.73 Å². The molecule has 0 spiro atoms. The van der Waals surface area contributed by atoms with Gasteiger partial charge in [0, 0.05) is 13.7 Å². The van der Waals surface area contributed by atoms with Gasteiger partial charge in [0.1, 0.15) is 18.1 Å². The van der Waals surface area contributed by atoms with E-state index in [-0.39, 0.29) is 6.04 Å². The lowest BCUT2D eigenvalue weighted by Gasteiger charge is -2.23. The quantitative estimate of drug-likeness (QED) is 0.847. The van der Waals surface area contributed by atoms with Crippen LogP contribution in [0.1, 0.15) is 49.7 Å². The zero-order valence-corrected chi connectivity index (χ0v) is 11.1. The summed E-state index contributed by atoms with van der Waals surface area (Å²) in [5.74, 6) is 1.68. The van der Waals surface area contributed by atoms with Gasteiger partial charge in [-0.3, -0.25) is 0 Å². The van der Waals surface area contributed by atoms with Crippen molar-refractivity contribution in [2.45, 2.75) is 50.9 Å². The lowest BCUT2D eigenvalue weighted by molar-refractivity contribution is 0.00881. The molecule has 0 saturated carbocycles. The SMILES string of the molecule is COCc1ccc(C(N)CCC2CCCCO2)o1. The zero-order valence-electron chi connectivity index (χ0n) is 11.1. The smallest absolute Gasteiger partial charge is 0.129 e.